The van der Waals surface area contributed by atoms with Crippen LogP contribution in [0.3, 0.4) is 0 Å². The van der Waals surface area contributed by atoms with Crippen LogP contribution in [0.15, 0.2) is 17.4 Å². The first kappa shape index (κ1) is 23.1. The molecular weight excluding hydrogens is 361 g/mol. The third-order valence-electron chi connectivity index (χ3n) is 5.41. The molecule has 5 N–H and O–H groups in total. The summed E-state index contributed by atoms with van der Waals surface area (Å²) >= 11 is 0. The van der Waals surface area contributed by atoms with Crippen LogP contribution < -0.4 is 21.3 Å². The standard InChI is InChI=1S/C20H38FN5O2/c1-14(28-11-10-27)12-19(26-20-13-22-8-9-23-20)25-16(3)24-15(2)17-4-6-18(21)7-5-17/h14-15,17-18,20,22-24,27H,3-13H2,1-2H3,(H,25,26)/t14?,15-,17?,18?,20-/m0/s1. The summed E-state index contributed by atoms with van der Waals surface area (Å²) in [5.74, 6) is 1.96. The second-order valence-electron chi connectivity index (χ2n) is 7.91. The molecule has 0 amide bonds. The predicted octanol–water partition coefficient (Wildman–Crippen LogP) is 1.26. The number of hydrogen-bond donors (Lipinski definition) is 5. The zero-order chi connectivity index (χ0) is 20.4. The molecule has 0 bridgehead atoms. The Bertz CT molecular complexity index is 491. The largest absolute Gasteiger partial charge is 0.394 e. The number of nitrogens with zero attached hydrogens (tertiary/aromatic N) is 1. The van der Waals surface area contributed by atoms with E-state index < -0.39 is 6.17 Å². The number of alkyl halides is 1. The number of nitrogens with one attached hydrogen (secondary N) is 4. The minimum atomic E-state index is -0.638. The summed E-state index contributed by atoms with van der Waals surface area (Å²) in [7, 11) is 0. The SMILES string of the molecule is C=C(NC(CC(C)OCCO)=N[C@H]1CNCCN1)N[C@@H](C)C1CCC(F)CC1. The van der Waals surface area contributed by atoms with Crippen molar-refractivity contribution in [2.24, 2.45) is 10.9 Å². The van der Waals surface area contributed by atoms with E-state index in [1.165, 1.54) is 0 Å². The van der Waals surface area contributed by atoms with Gasteiger partial charge >= 0.3 is 0 Å². The Hall–Kier alpha value is -1.22. The van der Waals surface area contributed by atoms with Crippen molar-refractivity contribution in [3.63, 3.8) is 0 Å². The third kappa shape index (κ3) is 8.43. The van der Waals surface area contributed by atoms with Crippen molar-refractivity contribution in [3.05, 3.63) is 12.4 Å². The van der Waals surface area contributed by atoms with Gasteiger partial charge in [0.1, 0.15) is 18.2 Å². The van der Waals surface area contributed by atoms with Gasteiger partial charge in [-0.25, -0.2) is 4.39 Å². The van der Waals surface area contributed by atoms with E-state index in [1.807, 2.05) is 6.92 Å². The van der Waals surface area contributed by atoms with Crippen molar-refractivity contribution < 1.29 is 14.2 Å². The van der Waals surface area contributed by atoms with Crippen LogP contribution in [0, 0.1) is 5.92 Å². The number of rotatable bonds is 10. The lowest BCUT2D eigenvalue weighted by Crippen LogP contribution is -2.48. The Morgan fingerprint density at radius 3 is 2.68 bits per heavy atom. The summed E-state index contributed by atoms with van der Waals surface area (Å²) in [6.07, 6.45) is 3.03. The molecule has 1 aliphatic carbocycles. The number of ether oxygens (including phenoxy) is 1. The van der Waals surface area contributed by atoms with E-state index in [0.717, 1.165) is 38.3 Å². The Morgan fingerprint density at radius 1 is 1.29 bits per heavy atom. The fraction of sp³-hybridized carbons (Fsp3) is 0.850. The van der Waals surface area contributed by atoms with E-state index in [9.17, 15) is 4.39 Å². The van der Waals surface area contributed by atoms with Crippen molar-refractivity contribution in [1.29, 1.82) is 0 Å². The summed E-state index contributed by atoms with van der Waals surface area (Å²) in [6, 6.07) is 0.228. The highest BCUT2D eigenvalue weighted by atomic mass is 19.1. The lowest BCUT2D eigenvalue weighted by molar-refractivity contribution is 0.0428. The fourth-order valence-corrected chi connectivity index (χ4v) is 3.82. The maximum absolute atomic E-state index is 13.4. The second-order valence-corrected chi connectivity index (χ2v) is 7.91. The van der Waals surface area contributed by atoms with Crippen LogP contribution in [-0.2, 0) is 4.74 Å². The maximum atomic E-state index is 13.4. The average Bonchev–Trinajstić information content (AvgIpc) is 2.67. The second kappa shape index (κ2) is 12.4. The molecule has 0 aromatic heterocycles. The topological polar surface area (TPSA) is 89.9 Å². The Morgan fingerprint density at radius 2 is 2.04 bits per heavy atom. The molecule has 2 aliphatic rings. The normalized spacial score (nSPS) is 28.4. The summed E-state index contributed by atoms with van der Waals surface area (Å²) < 4.78 is 19.0. The molecule has 2 fully saturated rings. The molecule has 2 rings (SSSR count). The molecule has 3 atom stereocenters. The first-order valence-corrected chi connectivity index (χ1v) is 10.6. The number of halogens is 1. The summed E-state index contributed by atoms with van der Waals surface area (Å²) in [5.41, 5.74) is 0. The highest BCUT2D eigenvalue weighted by molar-refractivity contribution is 5.84. The molecule has 1 saturated carbocycles. The lowest BCUT2D eigenvalue weighted by atomic mass is 9.84. The number of aliphatic hydroxyl groups is 1. The van der Waals surface area contributed by atoms with Gasteiger partial charge in [-0.2, -0.15) is 0 Å². The van der Waals surface area contributed by atoms with Crippen LogP contribution >= 0.6 is 0 Å². The van der Waals surface area contributed by atoms with Gasteiger partial charge in [-0.1, -0.05) is 6.58 Å². The predicted molar refractivity (Wildman–Crippen MR) is 111 cm³/mol. The molecule has 0 radical (unpaired) electrons. The van der Waals surface area contributed by atoms with Crippen molar-refractivity contribution in [1.82, 2.24) is 21.3 Å². The van der Waals surface area contributed by atoms with Crippen LogP contribution in [0.1, 0.15) is 46.0 Å². The molecule has 1 saturated heterocycles. The van der Waals surface area contributed by atoms with Gasteiger partial charge in [-0.05, 0) is 45.4 Å². The molecule has 1 heterocycles. The van der Waals surface area contributed by atoms with Gasteiger partial charge in [0, 0.05) is 32.1 Å². The van der Waals surface area contributed by atoms with Crippen molar-refractivity contribution in [3.8, 4) is 0 Å². The van der Waals surface area contributed by atoms with Crippen LogP contribution in [-0.4, -0.2) is 68.3 Å². The van der Waals surface area contributed by atoms with Gasteiger partial charge in [-0.15, -0.1) is 0 Å². The molecule has 8 heteroatoms. The van der Waals surface area contributed by atoms with E-state index in [-0.39, 0.29) is 24.9 Å². The van der Waals surface area contributed by atoms with Gasteiger partial charge in [0.25, 0.3) is 0 Å². The van der Waals surface area contributed by atoms with Crippen LogP contribution in [0.4, 0.5) is 4.39 Å². The fourth-order valence-electron chi connectivity index (χ4n) is 3.82. The lowest BCUT2D eigenvalue weighted by Gasteiger charge is -2.31. The first-order chi connectivity index (χ1) is 13.5. The summed E-state index contributed by atoms with van der Waals surface area (Å²) in [5, 5.41) is 22.4. The van der Waals surface area contributed by atoms with Crippen LogP contribution in [0.2, 0.25) is 0 Å². The van der Waals surface area contributed by atoms with E-state index >= 15 is 0 Å². The van der Waals surface area contributed by atoms with E-state index in [2.05, 4.69) is 34.8 Å². The minimum Gasteiger partial charge on any atom is -0.394 e. The Labute approximate surface area is 168 Å². The molecule has 28 heavy (non-hydrogen) atoms. The van der Waals surface area contributed by atoms with Crippen molar-refractivity contribution in [2.45, 2.75) is 70.4 Å². The van der Waals surface area contributed by atoms with Gasteiger partial charge in [-0.3, -0.25) is 10.3 Å². The van der Waals surface area contributed by atoms with Crippen molar-refractivity contribution >= 4 is 5.84 Å². The summed E-state index contributed by atoms with van der Waals surface area (Å²) in [4.78, 5) is 4.79. The highest BCUT2D eigenvalue weighted by Gasteiger charge is 2.25. The number of aliphatic hydroxyl groups excluding tert-OH is 1. The van der Waals surface area contributed by atoms with Crippen LogP contribution in [0.5, 0.6) is 0 Å². The molecule has 0 aromatic rings. The number of piperazine rings is 1. The number of amidine groups is 1. The molecule has 7 nitrogen and oxygen atoms in total. The smallest absolute Gasteiger partial charge is 0.114 e. The molecular formula is C20H38FN5O2. The third-order valence-corrected chi connectivity index (χ3v) is 5.41. The molecule has 1 aliphatic heterocycles. The Kier molecular flexibility index (Phi) is 10.2. The van der Waals surface area contributed by atoms with Gasteiger partial charge in [0.15, 0.2) is 0 Å². The molecule has 162 valence electrons. The first-order valence-electron chi connectivity index (χ1n) is 10.6. The zero-order valence-corrected chi connectivity index (χ0v) is 17.3. The van der Waals surface area contributed by atoms with E-state index in [0.29, 0.717) is 37.6 Å². The summed E-state index contributed by atoms with van der Waals surface area (Å²) in [6.45, 7) is 11.1. The van der Waals surface area contributed by atoms with E-state index in [1.54, 1.807) is 0 Å². The van der Waals surface area contributed by atoms with Crippen molar-refractivity contribution in [2.75, 3.05) is 32.8 Å². The highest BCUT2D eigenvalue weighted by Crippen LogP contribution is 2.28. The molecule has 0 aromatic carbocycles. The van der Waals surface area contributed by atoms with E-state index in [4.69, 9.17) is 14.8 Å². The maximum Gasteiger partial charge on any atom is 0.114 e. The number of aliphatic imine (C=N–C) groups is 1. The molecule has 0 spiro atoms. The average molecular weight is 400 g/mol. The van der Waals surface area contributed by atoms with Gasteiger partial charge in [0.05, 0.1) is 25.1 Å². The quantitative estimate of drug-likeness (QED) is 0.281. The monoisotopic (exact) mass is 399 g/mol. The minimum absolute atomic E-state index is 0.00521. The van der Waals surface area contributed by atoms with Gasteiger partial charge < -0.3 is 25.8 Å². The molecule has 1 unspecified atom stereocenters. The Balaban J connectivity index is 1.89. The van der Waals surface area contributed by atoms with Gasteiger partial charge in [0.2, 0.25) is 0 Å². The number of hydrogen-bond acceptors (Lipinski definition) is 6. The van der Waals surface area contributed by atoms with Crippen LogP contribution in [0.25, 0.3) is 0 Å². The zero-order valence-electron chi connectivity index (χ0n) is 17.3.